The lowest BCUT2D eigenvalue weighted by molar-refractivity contribution is 0.486. The number of para-hydroxylation sites is 1. The molecule has 0 aliphatic carbocycles. The van der Waals surface area contributed by atoms with Crippen LogP contribution in [0.15, 0.2) is 42.5 Å². The van der Waals surface area contributed by atoms with Crippen LogP contribution in [0.3, 0.4) is 0 Å². The van der Waals surface area contributed by atoms with Crippen molar-refractivity contribution in [2.24, 2.45) is 0 Å². The molecular weight excluding hydrogens is 283 g/mol. The molecule has 1 N–H and O–H groups in total. The van der Waals surface area contributed by atoms with Crippen molar-refractivity contribution in [2.75, 3.05) is 12.4 Å². The highest BCUT2D eigenvalue weighted by Crippen LogP contribution is 2.20. The number of thiocarbonyl (C=S) groups is 1. The number of aryl methyl sites for hydroxylation is 2. The van der Waals surface area contributed by atoms with Crippen LogP contribution in [0.2, 0.25) is 0 Å². The fraction of sp³-hybridized carbons (Fsp3) is 0.235. The van der Waals surface area contributed by atoms with Gasteiger partial charge in [0.05, 0.1) is 0 Å². The van der Waals surface area contributed by atoms with Gasteiger partial charge in [-0.05, 0) is 43.3 Å². The Morgan fingerprint density at radius 1 is 1.10 bits per heavy atom. The van der Waals surface area contributed by atoms with E-state index in [2.05, 4.69) is 5.32 Å². The summed E-state index contributed by atoms with van der Waals surface area (Å²) >= 11 is 5.41. The Morgan fingerprint density at radius 3 is 2.33 bits per heavy atom. The predicted molar refractivity (Wildman–Crippen MR) is 90.0 cm³/mol. The van der Waals surface area contributed by atoms with Crippen LogP contribution < -0.4 is 5.32 Å². The van der Waals surface area contributed by atoms with E-state index in [1.807, 2.05) is 50.1 Å². The predicted octanol–water partition coefficient (Wildman–Crippen LogP) is 4.27. The number of halogens is 1. The summed E-state index contributed by atoms with van der Waals surface area (Å²) in [7, 11) is 1.86. The highest BCUT2D eigenvalue weighted by Gasteiger charge is 2.10. The van der Waals surface area contributed by atoms with E-state index in [0.717, 1.165) is 16.8 Å². The van der Waals surface area contributed by atoms with Gasteiger partial charge in [-0.2, -0.15) is 0 Å². The summed E-state index contributed by atoms with van der Waals surface area (Å²) < 4.78 is 13.7. The molecule has 0 aliphatic heterocycles. The molecule has 21 heavy (non-hydrogen) atoms. The van der Waals surface area contributed by atoms with Gasteiger partial charge in [0.15, 0.2) is 5.11 Å². The van der Waals surface area contributed by atoms with Gasteiger partial charge < -0.3 is 10.2 Å². The average molecular weight is 302 g/mol. The van der Waals surface area contributed by atoms with Gasteiger partial charge in [-0.15, -0.1) is 0 Å². The largest absolute Gasteiger partial charge is 0.348 e. The van der Waals surface area contributed by atoms with Gasteiger partial charge in [0.2, 0.25) is 0 Å². The zero-order valence-electron chi connectivity index (χ0n) is 12.5. The number of anilines is 1. The van der Waals surface area contributed by atoms with Gasteiger partial charge in [0.1, 0.15) is 5.82 Å². The second kappa shape index (κ2) is 6.68. The van der Waals surface area contributed by atoms with Crippen LogP contribution in [0.5, 0.6) is 0 Å². The first-order valence-electron chi connectivity index (χ1n) is 6.81. The maximum atomic E-state index is 13.7. The minimum absolute atomic E-state index is 0.209. The third kappa shape index (κ3) is 3.79. The minimum Gasteiger partial charge on any atom is -0.348 e. The number of nitrogens with zero attached hydrogens (tertiary/aromatic N) is 1. The van der Waals surface area contributed by atoms with Gasteiger partial charge in [0, 0.05) is 24.8 Å². The van der Waals surface area contributed by atoms with E-state index < -0.39 is 0 Å². The van der Waals surface area contributed by atoms with Crippen molar-refractivity contribution < 1.29 is 4.39 Å². The molecule has 0 unspecified atom stereocenters. The maximum Gasteiger partial charge on any atom is 0.173 e. The van der Waals surface area contributed by atoms with Crippen LogP contribution in [0, 0.1) is 19.7 Å². The zero-order chi connectivity index (χ0) is 15.4. The second-order valence-corrected chi connectivity index (χ2v) is 5.53. The summed E-state index contributed by atoms with van der Waals surface area (Å²) in [6, 6.07) is 12.8. The minimum atomic E-state index is -0.209. The Labute approximate surface area is 130 Å². The molecule has 0 aliphatic rings. The van der Waals surface area contributed by atoms with Gasteiger partial charge in [-0.3, -0.25) is 0 Å². The molecule has 0 radical (unpaired) electrons. The Balaban J connectivity index is 2.08. The van der Waals surface area contributed by atoms with Crippen molar-refractivity contribution in [3.63, 3.8) is 0 Å². The standard InChI is InChI=1S/C17H19FN2S/c1-12-7-6-8-13(2)16(12)19-17(21)20(3)11-14-9-4-5-10-15(14)18/h4-10H,11H2,1-3H3,(H,19,21). The lowest BCUT2D eigenvalue weighted by Gasteiger charge is -2.23. The van der Waals surface area contributed by atoms with Crippen LogP contribution in [0.25, 0.3) is 0 Å². The third-order valence-corrected chi connectivity index (χ3v) is 3.84. The summed E-state index contributed by atoms with van der Waals surface area (Å²) in [5, 5.41) is 3.83. The van der Waals surface area contributed by atoms with Crippen LogP contribution in [0.1, 0.15) is 16.7 Å². The van der Waals surface area contributed by atoms with Gasteiger partial charge in [0.25, 0.3) is 0 Å². The highest BCUT2D eigenvalue weighted by atomic mass is 32.1. The van der Waals surface area contributed by atoms with Crippen molar-refractivity contribution in [3.8, 4) is 0 Å². The van der Waals surface area contributed by atoms with E-state index in [1.54, 1.807) is 12.1 Å². The molecule has 0 bridgehead atoms. The number of hydrogen-bond acceptors (Lipinski definition) is 1. The van der Waals surface area contributed by atoms with Crippen molar-refractivity contribution in [3.05, 3.63) is 65.0 Å². The SMILES string of the molecule is Cc1cccc(C)c1NC(=S)N(C)Cc1ccccc1F. The summed E-state index contributed by atoms with van der Waals surface area (Å²) in [6.07, 6.45) is 0. The summed E-state index contributed by atoms with van der Waals surface area (Å²) in [5.41, 5.74) is 3.92. The first-order chi connectivity index (χ1) is 9.99. The van der Waals surface area contributed by atoms with E-state index in [4.69, 9.17) is 12.2 Å². The Bertz CT molecular complexity index is 635. The number of benzene rings is 2. The van der Waals surface area contributed by atoms with Crippen molar-refractivity contribution >= 4 is 23.0 Å². The van der Waals surface area contributed by atoms with E-state index >= 15 is 0 Å². The molecule has 0 saturated heterocycles. The van der Waals surface area contributed by atoms with Crippen molar-refractivity contribution in [1.82, 2.24) is 4.90 Å². The molecule has 0 aromatic heterocycles. The molecule has 0 atom stereocenters. The molecule has 0 saturated carbocycles. The third-order valence-electron chi connectivity index (χ3n) is 3.43. The fourth-order valence-corrected chi connectivity index (χ4v) is 2.33. The average Bonchev–Trinajstić information content (AvgIpc) is 2.45. The fourth-order valence-electron chi connectivity index (χ4n) is 2.17. The summed E-state index contributed by atoms with van der Waals surface area (Å²) in [6.45, 7) is 4.51. The van der Waals surface area contributed by atoms with Gasteiger partial charge in [-0.25, -0.2) is 4.39 Å². The first kappa shape index (κ1) is 15.4. The van der Waals surface area contributed by atoms with Crippen LogP contribution >= 0.6 is 12.2 Å². The maximum absolute atomic E-state index is 13.7. The molecule has 2 aromatic carbocycles. The van der Waals surface area contributed by atoms with Gasteiger partial charge >= 0.3 is 0 Å². The number of hydrogen-bond donors (Lipinski definition) is 1. The molecule has 2 aromatic rings. The summed E-state index contributed by atoms with van der Waals surface area (Å²) in [4.78, 5) is 1.83. The molecular formula is C17H19FN2S. The molecule has 0 spiro atoms. The normalized spacial score (nSPS) is 10.3. The molecule has 110 valence electrons. The summed E-state index contributed by atoms with van der Waals surface area (Å²) in [5.74, 6) is -0.209. The molecule has 2 nitrogen and oxygen atoms in total. The second-order valence-electron chi connectivity index (χ2n) is 5.14. The quantitative estimate of drug-likeness (QED) is 0.852. The number of rotatable bonds is 3. The Hall–Kier alpha value is -1.94. The molecule has 4 heteroatoms. The van der Waals surface area contributed by atoms with Crippen molar-refractivity contribution in [1.29, 1.82) is 0 Å². The van der Waals surface area contributed by atoms with Gasteiger partial charge in [-0.1, -0.05) is 36.4 Å². The smallest absolute Gasteiger partial charge is 0.173 e. The molecule has 0 amide bonds. The van der Waals surface area contributed by atoms with E-state index in [9.17, 15) is 4.39 Å². The number of nitrogens with one attached hydrogen (secondary N) is 1. The highest BCUT2D eigenvalue weighted by molar-refractivity contribution is 7.80. The Morgan fingerprint density at radius 2 is 1.71 bits per heavy atom. The molecule has 2 rings (SSSR count). The van der Waals surface area contributed by atoms with Crippen LogP contribution in [0.4, 0.5) is 10.1 Å². The lowest BCUT2D eigenvalue weighted by Crippen LogP contribution is -2.31. The van der Waals surface area contributed by atoms with E-state index in [1.165, 1.54) is 6.07 Å². The van der Waals surface area contributed by atoms with E-state index in [0.29, 0.717) is 17.2 Å². The molecule has 0 heterocycles. The van der Waals surface area contributed by atoms with Crippen LogP contribution in [-0.4, -0.2) is 17.1 Å². The zero-order valence-corrected chi connectivity index (χ0v) is 13.3. The van der Waals surface area contributed by atoms with E-state index in [-0.39, 0.29) is 5.82 Å². The topological polar surface area (TPSA) is 15.3 Å². The lowest BCUT2D eigenvalue weighted by atomic mass is 10.1. The monoisotopic (exact) mass is 302 g/mol. The molecule has 0 fully saturated rings. The Kier molecular flexibility index (Phi) is 4.91. The van der Waals surface area contributed by atoms with Crippen LogP contribution in [-0.2, 0) is 6.54 Å². The van der Waals surface area contributed by atoms with Crippen molar-refractivity contribution in [2.45, 2.75) is 20.4 Å². The first-order valence-corrected chi connectivity index (χ1v) is 7.21.